The third-order valence-corrected chi connectivity index (χ3v) is 3.93. The number of nitrogens with zero attached hydrogens (tertiary/aromatic N) is 1. The molecule has 0 aliphatic carbocycles. The third-order valence-electron chi connectivity index (χ3n) is 3.93. The predicted molar refractivity (Wildman–Crippen MR) is 77.8 cm³/mol. The van der Waals surface area contributed by atoms with Crippen molar-refractivity contribution in [2.45, 2.75) is 38.5 Å². The summed E-state index contributed by atoms with van der Waals surface area (Å²) < 4.78 is 11.1. The van der Waals surface area contributed by atoms with E-state index in [1.165, 1.54) is 0 Å². The van der Waals surface area contributed by atoms with Gasteiger partial charge in [-0.15, -0.1) is 0 Å². The highest BCUT2D eigenvalue weighted by Gasteiger charge is 2.30. The fourth-order valence-electron chi connectivity index (χ4n) is 2.88. The lowest BCUT2D eigenvalue weighted by Gasteiger charge is -2.32. The van der Waals surface area contributed by atoms with Crippen LogP contribution in [0.15, 0.2) is 18.2 Å². The van der Waals surface area contributed by atoms with Crippen molar-refractivity contribution in [3.05, 3.63) is 23.8 Å². The molecule has 2 unspecified atom stereocenters. The molecule has 1 aliphatic rings. The summed E-state index contributed by atoms with van der Waals surface area (Å²) in [7, 11) is 3.79. The number of anilines is 1. The van der Waals surface area contributed by atoms with Crippen molar-refractivity contribution < 1.29 is 9.47 Å². The van der Waals surface area contributed by atoms with Crippen molar-refractivity contribution >= 4 is 5.69 Å². The van der Waals surface area contributed by atoms with Gasteiger partial charge >= 0.3 is 0 Å². The molecular weight excluding hydrogens is 240 g/mol. The van der Waals surface area contributed by atoms with Crippen molar-refractivity contribution in [1.29, 1.82) is 0 Å². The second-order valence-corrected chi connectivity index (χ2v) is 5.22. The highest BCUT2D eigenvalue weighted by Crippen LogP contribution is 2.35. The molecule has 0 amide bonds. The molecule has 3 atom stereocenters. The molecule has 1 fully saturated rings. The van der Waals surface area contributed by atoms with Crippen LogP contribution in [0.4, 0.5) is 5.69 Å². The molecule has 4 nitrogen and oxygen atoms in total. The average molecular weight is 264 g/mol. The largest absolute Gasteiger partial charge is 0.496 e. The molecule has 0 spiro atoms. The molecule has 106 valence electrons. The molecule has 2 rings (SSSR count). The van der Waals surface area contributed by atoms with Gasteiger partial charge in [0, 0.05) is 30.9 Å². The van der Waals surface area contributed by atoms with Gasteiger partial charge in [-0.2, -0.15) is 0 Å². The van der Waals surface area contributed by atoms with Crippen LogP contribution in [0.25, 0.3) is 0 Å². The molecule has 1 aromatic carbocycles. The van der Waals surface area contributed by atoms with E-state index in [1.54, 1.807) is 7.11 Å². The van der Waals surface area contributed by atoms with Gasteiger partial charge < -0.3 is 20.1 Å². The minimum absolute atomic E-state index is 0.0637. The molecule has 4 heteroatoms. The number of hydrogen-bond donors (Lipinski definition) is 1. The molecule has 1 saturated heterocycles. The number of likely N-dealkylation sites (N-methyl/N-ethyl adjacent to an activating group) is 1. The van der Waals surface area contributed by atoms with Gasteiger partial charge in [-0.25, -0.2) is 0 Å². The second-order valence-electron chi connectivity index (χ2n) is 5.22. The minimum atomic E-state index is -0.0637. The Kier molecular flexibility index (Phi) is 4.32. The van der Waals surface area contributed by atoms with E-state index in [0.29, 0.717) is 6.04 Å². The van der Waals surface area contributed by atoms with Crippen LogP contribution in [-0.2, 0) is 4.74 Å². The summed E-state index contributed by atoms with van der Waals surface area (Å²) in [4.78, 5) is 2.28. The van der Waals surface area contributed by atoms with E-state index >= 15 is 0 Å². The van der Waals surface area contributed by atoms with Gasteiger partial charge in [-0.05, 0) is 32.4 Å². The van der Waals surface area contributed by atoms with E-state index < -0.39 is 0 Å². The van der Waals surface area contributed by atoms with Crippen LogP contribution in [0, 0.1) is 0 Å². The maximum absolute atomic E-state index is 6.12. The topological polar surface area (TPSA) is 47.7 Å². The van der Waals surface area contributed by atoms with Gasteiger partial charge in [0.05, 0.1) is 19.3 Å². The number of rotatable bonds is 4. The summed E-state index contributed by atoms with van der Waals surface area (Å²) in [6.07, 6.45) is 1.30. The number of hydrogen-bond acceptors (Lipinski definition) is 4. The fraction of sp³-hybridized carbons (Fsp3) is 0.600. The first-order valence-corrected chi connectivity index (χ1v) is 6.83. The lowest BCUT2D eigenvalue weighted by molar-refractivity contribution is 0.118. The summed E-state index contributed by atoms with van der Waals surface area (Å²) in [5.74, 6) is 0.853. The molecule has 0 bridgehead atoms. The fourth-order valence-corrected chi connectivity index (χ4v) is 2.88. The molecule has 2 N–H and O–H groups in total. The Morgan fingerprint density at radius 1 is 1.47 bits per heavy atom. The van der Waals surface area contributed by atoms with Crippen molar-refractivity contribution in [1.82, 2.24) is 0 Å². The third kappa shape index (κ3) is 2.69. The second kappa shape index (κ2) is 5.80. The summed E-state index contributed by atoms with van der Waals surface area (Å²) in [5, 5.41) is 0. The van der Waals surface area contributed by atoms with Gasteiger partial charge in [-0.3, -0.25) is 0 Å². The quantitative estimate of drug-likeness (QED) is 0.906. The zero-order valence-electron chi connectivity index (χ0n) is 12.2. The summed E-state index contributed by atoms with van der Waals surface area (Å²) in [6, 6.07) is 6.41. The SMILES string of the molecule is COc1cccc(N(C)C2CCOC2C)c1[C@@H](C)N. The van der Waals surface area contributed by atoms with Gasteiger partial charge in [0.15, 0.2) is 0 Å². The zero-order chi connectivity index (χ0) is 14.0. The summed E-state index contributed by atoms with van der Waals surface area (Å²) in [5.41, 5.74) is 8.32. The smallest absolute Gasteiger partial charge is 0.125 e. The van der Waals surface area contributed by atoms with E-state index in [2.05, 4.69) is 24.9 Å². The van der Waals surface area contributed by atoms with Crippen LogP contribution < -0.4 is 15.4 Å². The van der Waals surface area contributed by atoms with E-state index in [0.717, 1.165) is 30.0 Å². The Morgan fingerprint density at radius 3 is 2.74 bits per heavy atom. The van der Waals surface area contributed by atoms with Gasteiger partial charge in [0.1, 0.15) is 5.75 Å². The first-order chi connectivity index (χ1) is 9.06. The lowest BCUT2D eigenvalue weighted by atomic mass is 10.0. The standard InChI is InChI=1S/C15H24N2O2/c1-10(16)15-13(6-5-7-14(15)18-4)17(3)12-8-9-19-11(12)2/h5-7,10-12H,8-9,16H2,1-4H3/t10-,11?,12?/m1/s1. The Balaban J connectivity index is 2.38. The average Bonchev–Trinajstić information content (AvgIpc) is 2.83. The number of nitrogens with two attached hydrogens (primary N) is 1. The van der Waals surface area contributed by atoms with Crippen molar-refractivity contribution in [3.8, 4) is 5.75 Å². The highest BCUT2D eigenvalue weighted by molar-refractivity contribution is 5.61. The Labute approximate surface area is 115 Å². The monoisotopic (exact) mass is 264 g/mol. The van der Waals surface area contributed by atoms with Crippen LogP contribution in [0.3, 0.4) is 0 Å². The number of methoxy groups -OCH3 is 1. The predicted octanol–water partition coefficient (Wildman–Crippen LogP) is 2.33. The molecular formula is C15H24N2O2. The van der Waals surface area contributed by atoms with Gasteiger partial charge in [-0.1, -0.05) is 6.07 Å². The normalized spacial score (nSPS) is 24.3. The minimum Gasteiger partial charge on any atom is -0.496 e. The summed E-state index contributed by atoms with van der Waals surface area (Å²) in [6.45, 7) is 4.94. The van der Waals surface area contributed by atoms with E-state index in [-0.39, 0.29) is 12.1 Å². The maximum atomic E-state index is 6.12. The molecule has 0 saturated carbocycles. The molecule has 0 radical (unpaired) electrons. The first kappa shape index (κ1) is 14.2. The van der Waals surface area contributed by atoms with Crippen molar-refractivity contribution in [2.75, 3.05) is 25.7 Å². The Morgan fingerprint density at radius 2 is 2.21 bits per heavy atom. The Bertz CT molecular complexity index is 434. The van der Waals surface area contributed by atoms with Gasteiger partial charge in [0.25, 0.3) is 0 Å². The molecule has 19 heavy (non-hydrogen) atoms. The number of benzene rings is 1. The maximum Gasteiger partial charge on any atom is 0.125 e. The van der Waals surface area contributed by atoms with E-state index in [4.69, 9.17) is 15.2 Å². The molecule has 1 aliphatic heterocycles. The zero-order valence-corrected chi connectivity index (χ0v) is 12.2. The van der Waals surface area contributed by atoms with Crippen LogP contribution in [-0.4, -0.2) is 32.9 Å². The van der Waals surface area contributed by atoms with E-state index in [9.17, 15) is 0 Å². The van der Waals surface area contributed by atoms with Crippen LogP contribution >= 0.6 is 0 Å². The van der Waals surface area contributed by atoms with Crippen LogP contribution in [0.1, 0.15) is 31.9 Å². The highest BCUT2D eigenvalue weighted by atomic mass is 16.5. The van der Waals surface area contributed by atoms with Gasteiger partial charge in [0.2, 0.25) is 0 Å². The molecule has 0 aromatic heterocycles. The lowest BCUT2D eigenvalue weighted by Crippen LogP contribution is -2.37. The van der Waals surface area contributed by atoms with Crippen LogP contribution in [0.5, 0.6) is 5.75 Å². The van der Waals surface area contributed by atoms with Crippen LogP contribution in [0.2, 0.25) is 0 Å². The Hall–Kier alpha value is -1.26. The number of ether oxygens (including phenoxy) is 2. The first-order valence-electron chi connectivity index (χ1n) is 6.83. The molecule has 1 aromatic rings. The van der Waals surface area contributed by atoms with Crippen molar-refractivity contribution in [3.63, 3.8) is 0 Å². The molecule has 1 heterocycles. The van der Waals surface area contributed by atoms with Crippen molar-refractivity contribution in [2.24, 2.45) is 5.73 Å². The van der Waals surface area contributed by atoms with E-state index in [1.807, 2.05) is 19.1 Å². The summed E-state index contributed by atoms with van der Waals surface area (Å²) >= 11 is 0.